The number of hydrogen-bond donors (Lipinski definition) is 2. The highest BCUT2D eigenvalue weighted by atomic mass is 28.3. The molecule has 3 aromatic heterocycles. The molecule has 0 saturated carbocycles. The number of aryl methyl sites for hydroxylation is 2. The van der Waals surface area contributed by atoms with Crippen molar-refractivity contribution in [1.82, 2.24) is 14.8 Å². The fourth-order valence-electron chi connectivity index (χ4n) is 3.65. The van der Waals surface area contributed by atoms with Gasteiger partial charge in [0.2, 0.25) is 5.88 Å². The molecule has 0 amide bonds. The second-order valence-corrected chi connectivity index (χ2v) is 15.6. The minimum atomic E-state index is -1.11. The van der Waals surface area contributed by atoms with Gasteiger partial charge >= 0.3 is 0 Å². The maximum absolute atomic E-state index is 6.41. The Labute approximate surface area is 208 Å². The Bertz CT molecular complexity index is 1270. The van der Waals surface area contributed by atoms with Crippen molar-refractivity contribution in [2.24, 2.45) is 0 Å². The van der Waals surface area contributed by atoms with Crippen LogP contribution in [0.2, 0.25) is 25.7 Å². The summed E-state index contributed by atoms with van der Waals surface area (Å²) >= 11 is 0. The number of nitrogen functional groups attached to an aromatic ring is 1. The molecule has 4 aromatic rings. The zero-order valence-corrected chi connectivity index (χ0v) is 22.3. The van der Waals surface area contributed by atoms with Crippen LogP contribution in [0.5, 0.6) is 5.88 Å². The predicted molar refractivity (Wildman–Crippen MR) is 145 cm³/mol. The number of anilines is 2. The summed E-state index contributed by atoms with van der Waals surface area (Å²) in [5.41, 5.74) is 11.8. The number of nitrogens with zero attached hydrogens (tertiary/aromatic N) is 3. The predicted octanol–water partition coefficient (Wildman–Crippen LogP) is 6.31. The second kappa shape index (κ2) is 10.4. The maximum Gasteiger partial charge on any atom is 0.213 e. The van der Waals surface area contributed by atoms with E-state index in [2.05, 4.69) is 42.9 Å². The van der Waals surface area contributed by atoms with Crippen molar-refractivity contribution in [1.29, 1.82) is 0 Å². The van der Waals surface area contributed by atoms with E-state index in [9.17, 15) is 0 Å². The molecule has 184 valence electrons. The Morgan fingerprint density at radius 1 is 1.09 bits per heavy atom. The first-order chi connectivity index (χ1) is 16.7. The molecule has 0 radical (unpaired) electrons. The maximum atomic E-state index is 6.41. The summed E-state index contributed by atoms with van der Waals surface area (Å²) in [6, 6.07) is 17.0. The number of hydrogen-bond acceptors (Lipinski definition) is 6. The van der Waals surface area contributed by atoms with Crippen LogP contribution in [0.25, 0.3) is 17.1 Å². The summed E-state index contributed by atoms with van der Waals surface area (Å²) < 4.78 is 13.5. The molecule has 0 unspecified atom stereocenters. The van der Waals surface area contributed by atoms with Crippen molar-refractivity contribution in [3.05, 3.63) is 71.7 Å². The van der Waals surface area contributed by atoms with E-state index >= 15 is 0 Å². The Hall–Kier alpha value is -3.52. The van der Waals surface area contributed by atoms with Gasteiger partial charge < -0.3 is 20.2 Å². The van der Waals surface area contributed by atoms with Crippen LogP contribution in [0, 0.1) is 6.92 Å². The molecule has 0 fully saturated rings. The molecule has 0 atom stereocenters. The van der Waals surface area contributed by atoms with Crippen LogP contribution in [0.1, 0.15) is 23.9 Å². The number of rotatable bonds is 10. The van der Waals surface area contributed by atoms with Crippen LogP contribution >= 0.6 is 0 Å². The smallest absolute Gasteiger partial charge is 0.213 e. The van der Waals surface area contributed by atoms with Gasteiger partial charge in [0.25, 0.3) is 0 Å². The van der Waals surface area contributed by atoms with Gasteiger partial charge in [0.1, 0.15) is 11.5 Å². The van der Waals surface area contributed by atoms with Crippen LogP contribution < -0.4 is 15.8 Å². The highest BCUT2D eigenvalue weighted by molar-refractivity contribution is 6.76. The fourth-order valence-corrected chi connectivity index (χ4v) is 4.36. The monoisotopic (exact) mass is 489 g/mol. The van der Waals surface area contributed by atoms with Gasteiger partial charge in [0.05, 0.1) is 29.4 Å². The summed E-state index contributed by atoms with van der Waals surface area (Å²) in [6.45, 7) is 12.4. The molecular formula is C27H35N5O2Si. The number of nitrogens with one attached hydrogen (secondary N) is 1. The molecule has 4 rings (SSSR count). The van der Waals surface area contributed by atoms with E-state index in [-0.39, 0.29) is 0 Å². The average molecular weight is 490 g/mol. The molecule has 35 heavy (non-hydrogen) atoms. The van der Waals surface area contributed by atoms with E-state index in [4.69, 9.17) is 20.0 Å². The van der Waals surface area contributed by atoms with Crippen molar-refractivity contribution >= 4 is 19.4 Å². The van der Waals surface area contributed by atoms with Gasteiger partial charge in [-0.25, -0.2) is 9.67 Å². The number of pyridine rings is 1. The lowest BCUT2D eigenvalue weighted by Crippen LogP contribution is -2.22. The minimum absolute atomic E-state index is 0.615. The zero-order valence-electron chi connectivity index (χ0n) is 21.3. The zero-order chi connectivity index (χ0) is 25.0. The molecular weight excluding hydrogens is 454 g/mol. The average Bonchev–Trinajstić information content (AvgIpc) is 3.44. The Morgan fingerprint density at radius 2 is 1.91 bits per heavy atom. The molecule has 0 aliphatic heterocycles. The number of furan rings is 1. The summed E-state index contributed by atoms with van der Waals surface area (Å²) in [5, 5.41) is 8.16. The molecule has 0 aliphatic carbocycles. The van der Waals surface area contributed by atoms with Crippen LogP contribution in [-0.4, -0.2) is 29.4 Å². The van der Waals surface area contributed by atoms with Crippen LogP contribution in [0.3, 0.4) is 0 Å². The Morgan fingerprint density at radius 3 is 2.54 bits per heavy atom. The molecule has 8 heteroatoms. The number of ether oxygens (including phenoxy) is 1. The molecule has 1 aromatic carbocycles. The Balaban J connectivity index is 1.43. The van der Waals surface area contributed by atoms with Gasteiger partial charge in [-0.1, -0.05) is 32.6 Å². The molecule has 3 heterocycles. The van der Waals surface area contributed by atoms with Gasteiger partial charge in [-0.2, -0.15) is 5.10 Å². The van der Waals surface area contributed by atoms with Gasteiger partial charge in [0.15, 0.2) is 5.76 Å². The third-order valence-electron chi connectivity index (χ3n) is 5.78. The lowest BCUT2D eigenvalue weighted by atomic mass is 10.2. The van der Waals surface area contributed by atoms with E-state index in [1.54, 1.807) is 0 Å². The molecule has 0 saturated heterocycles. The Kier molecular flexibility index (Phi) is 7.30. The standard InChI is InChI=1S/C27H35N5O2Si/c1-6-21-15-25(26-11-7-19(2)34-26)32(31-21)22-9-10-24(23(28)16-22)29-17-20-8-12-27(30-18-20)33-13-14-35(3,4)5/h7-12,15-16,18,29H,6,13-14,17,28H2,1-5H3. The van der Waals surface area contributed by atoms with Gasteiger partial charge in [-0.15, -0.1) is 0 Å². The van der Waals surface area contributed by atoms with E-state index in [1.165, 1.54) is 0 Å². The van der Waals surface area contributed by atoms with Crippen molar-refractivity contribution in [2.45, 2.75) is 52.5 Å². The highest BCUT2D eigenvalue weighted by Crippen LogP contribution is 2.29. The first kappa shape index (κ1) is 24.6. The molecule has 3 N–H and O–H groups in total. The number of benzene rings is 1. The van der Waals surface area contributed by atoms with E-state index in [0.717, 1.165) is 58.9 Å². The number of aromatic nitrogens is 3. The lowest BCUT2D eigenvalue weighted by Gasteiger charge is -2.15. The minimum Gasteiger partial charge on any atom is -0.478 e. The van der Waals surface area contributed by atoms with Gasteiger partial charge in [-0.05, 0) is 61.4 Å². The van der Waals surface area contributed by atoms with Crippen LogP contribution in [0.4, 0.5) is 11.4 Å². The first-order valence-electron chi connectivity index (χ1n) is 12.1. The molecule has 0 spiro atoms. The van der Waals surface area contributed by atoms with E-state index in [0.29, 0.717) is 18.1 Å². The number of nitrogens with two attached hydrogens (primary N) is 1. The third-order valence-corrected chi connectivity index (χ3v) is 7.48. The lowest BCUT2D eigenvalue weighted by molar-refractivity contribution is 0.325. The van der Waals surface area contributed by atoms with Crippen molar-refractivity contribution in [2.75, 3.05) is 17.7 Å². The van der Waals surface area contributed by atoms with Crippen LogP contribution in [0.15, 0.2) is 59.1 Å². The third kappa shape index (κ3) is 6.33. The summed E-state index contributed by atoms with van der Waals surface area (Å²) in [5.74, 6) is 2.32. The normalized spacial score (nSPS) is 11.6. The van der Waals surface area contributed by atoms with Gasteiger partial charge in [0, 0.05) is 26.9 Å². The largest absolute Gasteiger partial charge is 0.478 e. The molecule has 0 bridgehead atoms. The van der Waals surface area contributed by atoms with Crippen LogP contribution in [-0.2, 0) is 13.0 Å². The van der Waals surface area contributed by atoms with E-state index < -0.39 is 8.07 Å². The van der Waals surface area contributed by atoms with Crippen molar-refractivity contribution in [3.8, 4) is 23.0 Å². The highest BCUT2D eigenvalue weighted by Gasteiger charge is 2.15. The molecule has 0 aliphatic rings. The summed E-state index contributed by atoms with van der Waals surface area (Å²) in [7, 11) is -1.11. The SMILES string of the molecule is CCc1cc(-c2ccc(C)o2)n(-c2ccc(NCc3ccc(OCC[Si](C)(C)C)nc3)c(N)c2)n1. The molecule has 7 nitrogen and oxygen atoms in total. The fraction of sp³-hybridized carbons (Fsp3) is 0.333. The van der Waals surface area contributed by atoms with Crippen molar-refractivity contribution in [3.63, 3.8) is 0 Å². The summed E-state index contributed by atoms with van der Waals surface area (Å²) in [4.78, 5) is 4.44. The van der Waals surface area contributed by atoms with Crippen molar-refractivity contribution < 1.29 is 9.15 Å². The second-order valence-electron chi connectivity index (χ2n) is 9.99. The first-order valence-corrected chi connectivity index (χ1v) is 15.8. The topological polar surface area (TPSA) is 91.1 Å². The summed E-state index contributed by atoms with van der Waals surface area (Å²) in [6.07, 6.45) is 2.68. The van der Waals surface area contributed by atoms with E-state index in [1.807, 2.05) is 60.3 Å². The quantitative estimate of drug-likeness (QED) is 0.200. The van der Waals surface area contributed by atoms with Gasteiger partial charge in [-0.3, -0.25) is 0 Å².